The number of carboxylic acid groups (broad SMARTS) is 1. The number of methoxy groups -OCH3 is 1. The van der Waals surface area contributed by atoms with Crippen molar-refractivity contribution < 1.29 is 24.2 Å². The smallest absolute Gasteiger partial charge is 0.326 e. The molecule has 0 radical (unpaired) electrons. The number of carboxylic acids is 1. The average molecular weight is 291 g/mol. The zero-order valence-electron chi connectivity index (χ0n) is 11.2. The SMILES string of the molecule is COc1cccc(C#N)c1NC(=O)NC(=O)CCC(=O)O. The molecular weight excluding hydrogens is 278 g/mol. The predicted molar refractivity (Wildman–Crippen MR) is 71.7 cm³/mol. The Kier molecular flexibility index (Phi) is 5.70. The van der Waals surface area contributed by atoms with Gasteiger partial charge in [0.25, 0.3) is 0 Å². The molecule has 110 valence electrons. The quantitative estimate of drug-likeness (QED) is 0.744. The summed E-state index contributed by atoms with van der Waals surface area (Å²) in [5, 5.41) is 21.7. The van der Waals surface area contributed by atoms with Gasteiger partial charge in [0, 0.05) is 6.42 Å². The van der Waals surface area contributed by atoms with Crippen molar-refractivity contribution in [1.82, 2.24) is 5.32 Å². The van der Waals surface area contributed by atoms with Gasteiger partial charge < -0.3 is 15.2 Å². The third-order valence-electron chi connectivity index (χ3n) is 2.42. The van der Waals surface area contributed by atoms with E-state index >= 15 is 0 Å². The number of benzene rings is 1. The third kappa shape index (κ3) is 4.83. The van der Waals surface area contributed by atoms with Crippen LogP contribution in [0.15, 0.2) is 18.2 Å². The molecule has 8 heteroatoms. The van der Waals surface area contributed by atoms with E-state index in [9.17, 15) is 14.4 Å². The number of hydrogen-bond donors (Lipinski definition) is 3. The van der Waals surface area contributed by atoms with Crippen LogP contribution in [0.1, 0.15) is 18.4 Å². The van der Waals surface area contributed by atoms with Crippen LogP contribution in [0.2, 0.25) is 0 Å². The molecule has 1 aromatic rings. The standard InChI is InChI=1S/C13H13N3O5/c1-21-9-4-2-3-8(7-14)12(9)16-13(20)15-10(17)5-6-11(18)19/h2-4H,5-6H2,1H3,(H,18,19)(H2,15,16,17,20). The molecule has 0 atom stereocenters. The van der Waals surface area contributed by atoms with Gasteiger partial charge in [-0.05, 0) is 12.1 Å². The number of amides is 3. The first kappa shape index (κ1) is 16.0. The number of ether oxygens (including phenoxy) is 1. The van der Waals surface area contributed by atoms with E-state index in [1.807, 2.05) is 11.4 Å². The summed E-state index contributed by atoms with van der Waals surface area (Å²) in [4.78, 5) is 33.3. The van der Waals surface area contributed by atoms with Crippen LogP contribution in [0.3, 0.4) is 0 Å². The summed E-state index contributed by atoms with van der Waals surface area (Å²) in [5.41, 5.74) is 0.300. The van der Waals surface area contributed by atoms with Gasteiger partial charge in [0.15, 0.2) is 0 Å². The summed E-state index contributed by atoms with van der Waals surface area (Å²) in [5.74, 6) is -1.60. The summed E-state index contributed by atoms with van der Waals surface area (Å²) in [6, 6.07) is 5.62. The Bertz CT molecular complexity index is 606. The zero-order valence-corrected chi connectivity index (χ0v) is 11.2. The predicted octanol–water partition coefficient (Wildman–Crippen LogP) is 1.08. The van der Waals surface area contributed by atoms with E-state index in [-0.39, 0.29) is 29.8 Å². The Labute approximate surface area is 120 Å². The summed E-state index contributed by atoms with van der Waals surface area (Å²) >= 11 is 0. The Hall–Kier alpha value is -3.08. The van der Waals surface area contributed by atoms with Crippen LogP contribution >= 0.6 is 0 Å². The minimum Gasteiger partial charge on any atom is -0.495 e. The number of nitrogens with zero attached hydrogens (tertiary/aromatic N) is 1. The summed E-state index contributed by atoms with van der Waals surface area (Å²) in [6.07, 6.45) is -0.697. The number of para-hydroxylation sites is 1. The summed E-state index contributed by atoms with van der Waals surface area (Å²) in [7, 11) is 1.37. The molecule has 0 bridgehead atoms. The lowest BCUT2D eigenvalue weighted by Crippen LogP contribution is -2.34. The lowest BCUT2D eigenvalue weighted by Gasteiger charge is -2.11. The van der Waals surface area contributed by atoms with Gasteiger partial charge in [0.05, 0.1) is 19.1 Å². The van der Waals surface area contributed by atoms with Crippen molar-refractivity contribution in [3.05, 3.63) is 23.8 Å². The molecule has 0 saturated carbocycles. The van der Waals surface area contributed by atoms with E-state index in [0.717, 1.165) is 0 Å². The van der Waals surface area contributed by atoms with Crippen molar-refractivity contribution in [3.8, 4) is 11.8 Å². The molecule has 8 nitrogen and oxygen atoms in total. The molecule has 0 fully saturated rings. The minimum atomic E-state index is -1.14. The molecule has 3 N–H and O–H groups in total. The second-order valence-electron chi connectivity index (χ2n) is 3.89. The third-order valence-corrected chi connectivity index (χ3v) is 2.42. The Morgan fingerprint density at radius 1 is 1.33 bits per heavy atom. The van der Waals surface area contributed by atoms with Crippen molar-refractivity contribution >= 4 is 23.6 Å². The number of urea groups is 1. The van der Waals surface area contributed by atoms with Crippen LogP contribution in [0.5, 0.6) is 5.75 Å². The van der Waals surface area contributed by atoms with E-state index in [4.69, 9.17) is 15.1 Å². The average Bonchev–Trinajstić information content (AvgIpc) is 2.45. The van der Waals surface area contributed by atoms with Gasteiger partial charge in [-0.2, -0.15) is 5.26 Å². The number of nitriles is 1. The van der Waals surface area contributed by atoms with E-state index in [0.29, 0.717) is 0 Å². The fourth-order valence-electron chi connectivity index (χ4n) is 1.48. The number of aliphatic carboxylic acids is 1. The van der Waals surface area contributed by atoms with E-state index in [2.05, 4.69) is 5.32 Å². The molecular formula is C13H13N3O5. The van der Waals surface area contributed by atoms with Gasteiger partial charge in [-0.3, -0.25) is 14.9 Å². The molecule has 0 saturated heterocycles. The number of carbonyl (C=O) groups excluding carboxylic acids is 2. The highest BCUT2D eigenvalue weighted by molar-refractivity contribution is 6.02. The van der Waals surface area contributed by atoms with Gasteiger partial charge in [-0.25, -0.2) is 4.79 Å². The second-order valence-corrected chi connectivity index (χ2v) is 3.89. The Morgan fingerprint density at radius 2 is 2.05 bits per heavy atom. The first-order chi connectivity index (χ1) is 9.97. The van der Waals surface area contributed by atoms with Crippen LogP contribution in [0.4, 0.5) is 10.5 Å². The van der Waals surface area contributed by atoms with Crippen molar-refractivity contribution in [1.29, 1.82) is 5.26 Å². The van der Waals surface area contributed by atoms with Crippen molar-refractivity contribution in [2.45, 2.75) is 12.8 Å². The van der Waals surface area contributed by atoms with Gasteiger partial charge in [0.1, 0.15) is 17.5 Å². The van der Waals surface area contributed by atoms with E-state index in [1.54, 1.807) is 12.1 Å². The van der Waals surface area contributed by atoms with Gasteiger partial charge >= 0.3 is 12.0 Å². The highest BCUT2D eigenvalue weighted by Crippen LogP contribution is 2.27. The van der Waals surface area contributed by atoms with Crippen LogP contribution in [0.25, 0.3) is 0 Å². The maximum absolute atomic E-state index is 11.6. The lowest BCUT2D eigenvalue weighted by atomic mass is 10.2. The van der Waals surface area contributed by atoms with Gasteiger partial charge in [0.2, 0.25) is 5.91 Å². The fraction of sp³-hybridized carbons (Fsp3) is 0.231. The van der Waals surface area contributed by atoms with Crippen molar-refractivity contribution in [2.75, 3.05) is 12.4 Å². The van der Waals surface area contributed by atoms with E-state index in [1.165, 1.54) is 13.2 Å². The molecule has 0 aliphatic carbocycles. The number of carbonyl (C=O) groups is 3. The second kappa shape index (κ2) is 7.49. The molecule has 3 amide bonds. The number of hydrogen-bond acceptors (Lipinski definition) is 5. The summed E-state index contributed by atoms with van der Waals surface area (Å²) in [6.45, 7) is 0. The molecule has 0 aliphatic rings. The van der Waals surface area contributed by atoms with Crippen molar-refractivity contribution in [3.63, 3.8) is 0 Å². The lowest BCUT2D eigenvalue weighted by molar-refractivity contribution is -0.138. The van der Waals surface area contributed by atoms with Crippen LogP contribution in [-0.2, 0) is 9.59 Å². The molecule has 0 heterocycles. The van der Waals surface area contributed by atoms with Crippen LogP contribution in [-0.4, -0.2) is 30.1 Å². The molecule has 0 aromatic heterocycles. The number of nitrogens with one attached hydrogen (secondary N) is 2. The fourth-order valence-corrected chi connectivity index (χ4v) is 1.48. The Balaban J connectivity index is 2.73. The molecule has 0 aliphatic heterocycles. The number of rotatable bonds is 5. The highest BCUT2D eigenvalue weighted by atomic mass is 16.5. The molecule has 1 rings (SSSR count). The van der Waals surface area contributed by atoms with Crippen LogP contribution in [0, 0.1) is 11.3 Å². The maximum atomic E-state index is 11.6. The zero-order chi connectivity index (χ0) is 15.8. The normalized spacial score (nSPS) is 9.33. The molecule has 0 unspecified atom stereocenters. The molecule has 21 heavy (non-hydrogen) atoms. The summed E-state index contributed by atoms with van der Waals surface area (Å²) < 4.78 is 5.02. The maximum Gasteiger partial charge on any atom is 0.326 e. The molecule has 0 spiro atoms. The largest absolute Gasteiger partial charge is 0.495 e. The first-order valence-electron chi connectivity index (χ1n) is 5.87. The monoisotopic (exact) mass is 291 g/mol. The topological polar surface area (TPSA) is 129 Å². The number of imide groups is 1. The van der Waals surface area contributed by atoms with Gasteiger partial charge in [-0.1, -0.05) is 6.07 Å². The van der Waals surface area contributed by atoms with Crippen molar-refractivity contribution in [2.24, 2.45) is 0 Å². The molecule has 1 aromatic carbocycles. The number of anilines is 1. The minimum absolute atomic E-state index is 0.131. The highest BCUT2D eigenvalue weighted by Gasteiger charge is 2.14. The Morgan fingerprint density at radius 3 is 2.62 bits per heavy atom. The van der Waals surface area contributed by atoms with Crippen LogP contribution < -0.4 is 15.4 Å². The van der Waals surface area contributed by atoms with E-state index < -0.39 is 17.9 Å². The first-order valence-corrected chi connectivity index (χ1v) is 5.87. The van der Waals surface area contributed by atoms with Gasteiger partial charge in [-0.15, -0.1) is 0 Å².